The van der Waals surface area contributed by atoms with Gasteiger partial charge >= 0.3 is 0 Å². The molecule has 2 amide bonds. The zero-order chi connectivity index (χ0) is 26.1. The number of fused-ring (bicyclic) bond motifs is 1. The maximum atomic E-state index is 13.1. The molecule has 8 nitrogen and oxygen atoms in total. The molecule has 4 aromatic rings. The number of rotatable bonds is 4. The highest BCUT2D eigenvalue weighted by molar-refractivity contribution is 7.09. The molecule has 2 saturated heterocycles. The van der Waals surface area contributed by atoms with Gasteiger partial charge in [-0.1, -0.05) is 18.2 Å². The summed E-state index contributed by atoms with van der Waals surface area (Å²) in [7, 11) is 0. The van der Waals surface area contributed by atoms with Crippen molar-refractivity contribution in [1.82, 2.24) is 14.8 Å². The van der Waals surface area contributed by atoms with E-state index in [0.29, 0.717) is 43.2 Å². The van der Waals surface area contributed by atoms with Gasteiger partial charge in [-0.3, -0.25) is 9.59 Å². The quantitative estimate of drug-likeness (QED) is 0.382. The number of nitriles is 1. The van der Waals surface area contributed by atoms with Crippen molar-refractivity contribution in [3.63, 3.8) is 0 Å². The first kappa shape index (κ1) is 24.2. The van der Waals surface area contributed by atoms with Crippen LogP contribution in [0.2, 0.25) is 0 Å². The van der Waals surface area contributed by atoms with E-state index in [2.05, 4.69) is 11.0 Å². The second-order valence-corrected chi connectivity index (χ2v) is 10.6. The molecule has 38 heavy (non-hydrogen) atoms. The Labute approximate surface area is 224 Å². The predicted octanol–water partition coefficient (Wildman–Crippen LogP) is 4.74. The van der Waals surface area contributed by atoms with E-state index in [1.54, 1.807) is 11.3 Å². The molecule has 6 rings (SSSR count). The van der Waals surface area contributed by atoms with Gasteiger partial charge in [0.05, 0.1) is 16.6 Å². The molecule has 0 spiro atoms. The largest absolute Gasteiger partial charge is 0.451 e. The summed E-state index contributed by atoms with van der Waals surface area (Å²) < 4.78 is 5.76. The molecule has 0 radical (unpaired) electrons. The Balaban J connectivity index is 1.03. The van der Waals surface area contributed by atoms with Gasteiger partial charge in [0, 0.05) is 61.6 Å². The fraction of sp³-hybridized carbons (Fsp3) is 0.310. The number of furan rings is 1. The van der Waals surface area contributed by atoms with Crippen LogP contribution < -0.4 is 4.90 Å². The average Bonchev–Trinajstić information content (AvgIpc) is 3.65. The Morgan fingerprint density at radius 1 is 0.921 bits per heavy atom. The number of hydrogen-bond donors (Lipinski definition) is 0. The number of benzene rings is 2. The monoisotopic (exact) mass is 525 g/mol. The van der Waals surface area contributed by atoms with Crippen molar-refractivity contribution in [3.05, 3.63) is 82.0 Å². The van der Waals surface area contributed by atoms with Gasteiger partial charge in [0.15, 0.2) is 5.76 Å². The topological polar surface area (TPSA) is 93.7 Å². The van der Waals surface area contributed by atoms with Crippen LogP contribution in [0.15, 0.2) is 64.4 Å². The molecule has 0 N–H and O–H groups in total. The summed E-state index contributed by atoms with van der Waals surface area (Å²) in [6, 6.07) is 19.2. The number of anilines is 1. The van der Waals surface area contributed by atoms with Crippen molar-refractivity contribution in [3.8, 4) is 6.07 Å². The zero-order valence-electron chi connectivity index (χ0n) is 20.9. The van der Waals surface area contributed by atoms with Gasteiger partial charge in [-0.15, -0.1) is 11.3 Å². The molecule has 0 unspecified atom stereocenters. The number of para-hydroxylation sites is 1. The van der Waals surface area contributed by atoms with E-state index in [1.165, 1.54) is 0 Å². The molecule has 9 heteroatoms. The lowest BCUT2D eigenvalue weighted by molar-refractivity contribution is 0.0683. The van der Waals surface area contributed by atoms with Gasteiger partial charge in [-0.2, -0.15) is 5.26 Å². The van der Waals surface area contributed by atoms with E-state index in [9.17, 15) is 9.59 Å². The molecule has 2 aromatic carbocycles. The predicted molar refractivity (Wildman–Crippen MR) is 145 cm³/mol. The van der Waals surface area contributed by atoms with E-state index < -0.39 is 0 Å². The van der Waals surface area contributed by atoms with Crippen LogP contribution in [0.4, 0.5) is 5.69 Å². The van der Waals surface area contributed by atoms with Crippen molar-refractivity contribution in [2.24, 2.45) is 0 Å². The van der Waals surface area contributed by atoms with Crippen molar-refractivity contribution in [2.75, 3.05) is 44.2 Å². The molecule has 0 bridgehead atoms. The first-order chi connectivity index (χ1) is 18.6. The third-order valence-corrected chi connectivity index (χ3v) is 8.44. The van der Waals surface area contributed by atoms with Crippen LogP contribution >= 0.6 is 11.3 Å². The van der Waals surface area contributed by atoms with Crippen molar-refractivity contribution in [1.29, 1.82) is 5.26 Å². The van der Waals surface area contributed by atoms with E-state index >= 15 is 0 Å². The third-order valence-electron chi connectivity index (χ3n) is 7.44. The van der Waals surface area contributed by atoms with E-state index in [4.69, 9.17) is 14.7 Å². The van der Waals surface area contributed by atoms with Crippen LogP contribution in [0.3, 0.4) is 0 Å². The Morgan fingerprint density at radius 3 is 2.34 bits per heavy atom. The number of likely N-dealkylation sites (tertiary alicyclic amines) is 1. The highest BCUT2D eigenvalue weighted by atomic mass is 32.1. The number of carbonyl (C=O) groups excluding carboxylic acids is 2. The fourth-order valence-electron chi connectivity index (χ4n) is 5.22. The van der Waals surface area contributed by atoms with Crippen LogP contribution in [-0.2, 0) is 0 Å². The van der Waals surface area contributed by atoms with Crippen LogP contribution in [-0.4, -0.2) is 65.9 Å². The number of amides is 2. The summed E-state index contributed by atoms with van der Waals surface area (Å²) in [5.41, 5.74) is 2.95. The lowest BCUT2D eigenvalue weighted by atomic mass is 9.97. The molecule has 192 valence electrons. The minimum atomic E-state index is -0.0743. The summed E-state index contributed by atoms with van der Waals surface area (Å²) in [6.07, 6.45) is 1.63. The third kappa shape index (κ3) is 4.75. The number of hydrogen-bond acceptors (Lipinski definition) is 7. The molecule has 4 heterocycles. The summed E-state index contributed by atoms with van der Waals surface area (Å²) in [5, 5.41) is 12.8. The number of piperazine rings is 1. The van der Waals surface area contributed by atoms with E-state index in [1.807, 2.05) is 69.8 Å². The average molecular weight is 526 g/mol. The number of thiazole rings is 1. The minimum Gasteiger partial charge on any atom is -0.451 e. The van der Waals surface area contributed by atoms with Crippen LogP contribution in [0.25, 0.3) is 11.0 Å². The lowest BCUT2D eigenvalue weighted by Crippen LogP contribution is -2.48. The highest BCUT2D eigenvalue weighted by Crippen LogP contribution is 2.32. The zero-order valence-corrected chi connectivity index (χ0v) is 21.7. The molecular weight excluding hydrogens is 498 g/mol. The maximum Gasteiger partial charge on any atom is 0.289 e. The number of carbonyl (C=O) groups is 2. The van der Waals surface area contributed by atoms with Gasteiger partial charge < -0.3 is 19.1 Å². The normalized spacial score (nSPS) is 16.6. The number of nitrogens with zero attached hydrogens (tertiary/aromatic N) is 5. The van der Waals surface area contributed by atoms with Crippen LogP contribution in [0, 0.1) is 11.3 Å². The van der Waals surface area contributed by atoms with Gasteiger partial charge in [-0.05, 0) is 49.2 Å². The second kappa shape index (κ2) is 10.3. The van der Waals surface area contributed by atoms with Crippen LogP contribution in [0.1, 0.15) is 50.4 Å². The van der Waals surface area contributed by atoms with Crippen molar-refractivity contribution in [2.45, 2.75) is 18.8 Å². The Kier molecular flexibility index (Phi) is 6.56. The Bertz CT molecular complexity index is 1470. The van der Waals surface area contributed by atoms with E-state index in [-0.39, 0.29) is 17.7 Å². The fourth-order valence-corrected chi connectivity index (χ4v) is 6.19. The Morgan fingerprint density at radius 2 is 1.63 bits per heavy atom. The van der Waals surface area contributed by atoms with Crippen LogP contribution in [0.5, 0.6) is 0 Å². The minimum absolute atomic E-state index is 0.0236. The van der Waals surface area contributed by atoms with Gasteiger partial charge in [-0.25, -0.2) is 4.98 Å². The van der Waals surface area contributed by atoms with Gasteiger partial charge in [0.2, 0.25) is 0 Å². The summed E-state index contributed by atoms with van der Waals surface area (Å²) in [6.45, 7) is 4.03. The molecule has 2 aromatic heterocycles. The molecule has 2 fully saturated rings. The molecule has 0 atom stereocenters. The lowest BCUT2D eigenvalue weighted by Gasteiger charge is -2.35. The first-order valence-corrected chi connectivity index (χ1v) is 13.7. The second-order valence-electron chi connectivity index (χ2n) is 9.72. The van der Waals surface area contributed by atoms with Crippen molar-refractivity contribution < 1.29 is 14.0 Å². The number of aromatic nitrogens is 1. The summed E-state index contributed by atoms with van der Waals surface area (Å²) >= 11 is 1.54. The molecule has 0 saturated carbocycles. The molecule has 2 aliphatic heterocycles. The number of piperidine rings is 1. The van der Waals surface area contributed by atoms with Crippen molar-refractivity contribution >= 4 is 39.8 Å². The maximum absolute atomic E-state index is 13.1. The molecule has 0 aliphatic carbocycles. The summed E-state index contributed by atoms with van der Waals surface area (Å²) in [5.74, 6) is 0.528. The standard InChI is InChI=1S/C29H27N5O3S/c30-18-20-5-7-23(8-6-20)32-13-15-34(16-14-32)28(35)24-19-38-27(31-24)21-9-11-33(12-10-21)29(36)26-17-22-3-1-2-4-25(22)37-26/h1-8,17,19,21H,9-16H2. The molecule has 2 aliphatic rings. The Hall–Kier alpha value is -4.16. The smallest absolute Gasteiger partial charge is 0.289 e. The summed E-state index contributed by atoms with van der Waals surface area (Å²) in [4.78, 5) is 36.8. The highest BCUT2D eigenvalue weighted by Gasteiger charge is 2.29. The van der Waals surface area contributed by atoms with Gasteiger partial charge in [0.1, 0.15) is 11.3 Å². The SMILES string of the molecule is N#Cc1ccc(N2CCN(C(=O)c3csc(C4CCN(C(=O)c5cc6ccccc6o5)CC4)n3)CC2)cc1. The first-order valence-electron chi connectivity index (χ1n) is 12.9. The van der Waals surface area contributed by atoms with Gasteiger partial charge in [0.25, 0.3) is 11.8 Å². The molecular formula is C29H27N5O3S. The van der Waals surface area contributed by atoms with E-state index in [0.717, 1.165) is 47.6 Å².